The summed E-state index contributed by atoms with van der Waals surface area (Å²) in [4.78, 5) is 4.00. The number of hydrogen-bond donors (Lipinski definition) is 0. The monoisotopic (exact) mass is 167 g/mol. The van der Waals surface area contributed by atoms with E-state index < -0.39 is 0 Å². The first-order valence-electron chi connectivity index (χ1n) is 5.29. The average molecular weight is 167 g/mol. The van der Waals surface area contributed by atoms with E-state index in [1.54, 1.807) is 0 Å². The van der Waals surface area contributed by atoms with Crippen molar-refractivity contribution in [2.24, 2.45) is 16.8 Å². The van der Waals surface area contributed by atoms with Gasteiger partial charge < -0.3 is 4.99 Å². The molecule has 0 bridgehead atoms. The van der Waals surface area contributed by atoms with Gasteiger partial charge >= 0.3 is 0 Å². The molecule has 1 rings (SSSR count). The van der Waals surface area contributed by atoms with Crippen LogP contribution in [0.15, 0.2) is 4.99 Å². The van der Waals surface area contributed by atoms with Gasteiger partial charge in [0.2, 0.25) is 0 Å². The number of rotatable bonds is 4. The highest BCUT2D eigenvalue weighted by molar-refractivity contribution is 5.23. The highest BCUT2D eigenvalue weighted by Crippen LogP contribution is 2.31. The molecule has 1 aliphatic rings. The molecule has 0 aromatic rings. The molecule has 0 aliphatic heterocycles. The Morgan fingerprint density at radius 3 is 2.75 bits per heavy atom. The Hall–Kier alpha value is -0.330. The van der Waals surface area contributed by atoms with E-state index in [0.29, 0.717) is 0 Å². The standard InChI is InChI=1S/C11H21N/c1-3-5-10-6-4-7-11(8-10)9-12-2/h10-11H,2-9H2,1H3. The van der Waals surface area contributed by atoms with E-state index in [9.17, 15) is 0 Å². The van der Waals surface area contributed by atoms with Gasteiger partial charge in [0.05, 0.1) is 0 Å². The van der Waals surface area contributed by atoms with Crippen molar-refractivity contribution in [2.75, 3.05) is 6.54 Å². The van der Waals surface area contributed by atoms with Crippen molar-refractivity contribution in [1.82, 2.24) is 0 Å². The Morgan fingerprint density at radius 2 is 2.08 bits per heavy atom. The zero-order chi connectivity index (χ0) is 8.81. The Bertz CT molecular complexity index is 129. The van der Waals surface area contributed by atoms with E-state index in [1.165, 1.54) is 38.5 Å². The van der Waals surface area contributed by atoms with Gasteiger partial charge in [0.1, 0.15) is 0 Å². The van der Waals surface area contributed by atoms with Crippen molar-refractivity contribution in [3.05, 3.63) is 0 Å². The molecule has 0 spiro atoms. The molecule has 0 aromatic heterocycles. The number of hydrogen-bond acceptors (Lipinski definition) is 1. The summed E-state index contributed by atoms with van der Waals surface area (Å²) in [5, 5.41) is 0. The maximum Gasteiger partial charge on any atom is 0.0410 e. The average Bonchev–Trinajstić information content (AvgIpc) is 2.06. The molecular formula is C11H21N. The van der Waals surface area contributed by atoms with Crippen LogP contribution in [0.2, 0.25) is 0 Å². The molecule has 1 nitrogen and oxygen atoms in total. The van der Waals surface area contributed by atoms with E-state index in [4.69, 9.17) is 0 Å². The quantitative estimate of drug-likeness (QED) is 0.570. The fraction of sp³-hybridized carbons (Fsp3) is 0.909. The van der Waals surface area contributed by atoms with Crippen molar-refractivity contribution in [1.29, 1.82) is 0 Å². The SMILES string of the molecule is C=NCC1CCCC(CCC)C1. The Balaban J connectivity index is 2.24. The second kappa shape index (κ2) is 5.34. The van der Waals surface area contributed by atoms with Crippen molar-refractivity contribution in [2.45, 2.75) is 45.4 Å². The molecule has 1 aliphatic carbocycles. The second-order valence-corrected chi connectivity index (χ2v) is 4.09. The molecule has 0 N–H and O–H groups in total. The molecule has 2 atom stereocenters. The minimum atomic E-state index is 0.854. The van der Waals surface area contributed by atoms with Crippen molar-refractivity contribution < 1.29 is 0 Å². The summed E-state index contributed by atoms with van der Waals surface area (Å²) in [6.07, 6.45) is 8.45. The van der Waals surface area contributed by atoms with Crippen LogP contribution in [0.25, 0.3) is 0 Å². The summed E-state index contributed by atoms with van der Waals surface area (Å²) < 4.78 is 0. The molecule has 0 aromatic carbocycles. The van der Waals surface area contributed by atoms with Crippen LogP contribution in [0.4, 0.5) is 0 Å². The van der Waals surface area contributed by atoms with Crippen LogP contribution in [0, 0.1) is 11.8 Å². The molecule has 1 heteroatoms. The van der Waals surface area contributed by atoms with Crippen LogP contribution in [0.1, 0.15) is 45.4 Å². The lowest BCUT2D eigenvalue weighted by Gasteiger charge is -2.27. The largest absolute Gasteiger partial charge is 0.301 e. The van der Waals surface area contributed by atoms with Gasteiger partial charge in [-0.15, -0.1) is 0 Å². The third kappa shape index (κ3) is 2.96. The molecule has 0 amide bonds. The van der Waals surface area contributed by atoms with Gasteiger partial charge in [-0.3, -0.25) is 0 Å². The smallest absolute Gasteiger partial charge is 0.0410 e. The van der Waals surface area contributed by atoms with Crippen LogP contribution in [0.5, 0.6) is 0 Å². The third-order valence-electron chi connectivity index (χ3n) is 2.98. The molecule has 0 saturated heterocycles. The highest BCUT2D eigenvalue weighted by atomic mass is 14.7. The molecule has 1 saturated carbocycles. The van der Waals surface area contributed by atoms with E-state index in [0.717, 1.165) is 18.4 Å². The number of aliphatic imine (C=N–C) groups is 1. The Labute approximate surface area is 76.3 Å². The summed E-state index contributed by atoms with van der Waals surface area (Å²) >= 11 is 0. The summed E-state index contributed by atoms with van der Waals surface area (Å²) in [6, 6.07) is 0. The first kappa shape index (κ1) is 9.76. The van der Waals surface area contributed by atoms with Crippen molar-refractivity contribution >= 4 is 6.72 Å². The molecule has 12 heavy (non-hydrogen) atoms. The van der Waals surface area contributed by atoms with Gasteiger partial charge in [0.25, 0.3) is 0 Å². The van der Waals surface area contributed by atoms with Crippen LogP contribution in [-0.2, 0) is 0 Å². The van der Waals surface area contributed by atoms with Crippen molar-refractivity contribution in [3.63, 3.8) is 0 Å². The Morgan fingerprint density at radius 1 is 1.33 bits per heavy atom. The lowest BCUT2D eigenvalue weighted by Crippen LogP contribution is -2.17. The van der Waals surface area contributed by atoms with Gasteiger partial charge in [0.15, 0.2) is 0 Å². The van der Waals surface area contributed by atoms with Gasteiger partial charge in [-0.1, -0.05) is 32.6 Å². The lowest BCUT2D eigenvalue weighted by molar-refractivity contribution is 0.259. The van der Waals surface area contributed by atoms with Gasteiger partial charge in [-0.05, 0) is 31.4 Å². The first-order valence-corrected chi connectivity index (χ1v) is 5.29. The maximum absolute atomic E-state index is 4.00. The van der Waals surface area contributed by atoms with E-state index in [-0.39, 0.29) is 0 Å². The summed E-state index contributed by atoms with van der Waals surface area (Å²) in [5.41, 5.74) is 0. The molecular weight excluding hydrogens is 146 g/mol. The van der Waals surface area contributed by atoms with E-state index >= 15 is 0 Å². The summed E-state index contributed by atoms with van der Waals surface area (Å²) in [5.74, 6) is 1.85. The van der Waals surface area contributed by atoms with E-state index in [2.05, 4.69) is 18.6 Å². The van der Waals surface area contributed by atoms with Crippen LogP contribution < -0.4 is 0 Å². The minimum absolute atomic E-state index is 0.854. The molecule has 70 valence electrons. The highest BCUT2D eigenvalue weighted by Gasteiger charge is 2.20. The maximum atomic E-state index is 4.00. The lowest BCUT2D eigenvalue weighted by atomic mass is 9.79. The Kier molecular flexibility index (Phi) is 4.34. The summed E-state index contributed by atoms with van der Waals surface area (Å²) in [6.45, 7) is 6.86. The molecule has 0 radical (unpaired) electrons. The van der Waals surface area contributed by atoms with Crippen LogP contribution in [0.3, 0.4) is 0 Å². The predicted octanol–water partition coefficient (Wildman–Crippen LogP) is 3.29. The zero-order valence-electron chi connectivity index (χ0n) is 8.26. The van der Waals surface area contributed by atoms with Gasteiger partial charge in [-0.2, -0.15) is 0 Å². The topological polar surface area (TPSA) is 12.4 Å². The second-order valence-electron chi connectivity index (χ2n) is 4.09. The normalized spacial score (nSPS) is 30.1. The predicted molar refractivity (Wildman–Crippen MR) is 54.8 cm³/mol. The zero-order valence-corrected chi connectivity index (χ0v) is 8.26. The third-order valence-corrected chi connectivity index (χ3v) is 2.98. The molecule has 1 fully saturated rings. The first-order chi connectivity index (χ1) is 5.86. The minimum Gasteiger partial charge on any atom is -0.301 e. The molecule has 0 heterocycles. The summed E-state index contributed by atoms with van der Waals surface area (Å²) in [7, 11) is 0. The van der Waals surface area contributed by atoms with Gasteiger partial charge in [-0.25, -0.2) is 0 Å². The molecule has 2 unspecified atom stereocenters. The van der Waals surface area contributed by atoms with Crippen LogP contribution >= 0.6 is 0 Å². The van der Waals surface area contributed by atoms with Crippen molar-refractivity contribution in [3.8, 4) is 0 Å². The fourth-order valence-electron chi connectivity index (χ4n) is 2.42. The number of nitrogens with zero attached hydrogens (tertiary/aromatic N) is 1. The van der Waals surface area contributed by atoms with E-state index in [1.807, 2.05) is 0 Å². The fourth-order valence-corrected chi connectivity index (χ4v) is 2.42. The van der Waals surface area contributed by atoms with Gasteiger partial charge in [0, 0.05) is 6.54 Å². The van der Waals surface area contributed by atoms with Crippen LogP contribution in [-0.4, -0.2) is 13.3 Å².